The van der Waals surface area contributed by atoms with Crippen LogP contribution in [-0.2, 0) is 0 Å². The number of hydrogen-bond acceptors (Lipinski definition) is 5. The van der Waals surface area contributed by atoms with Gasteiger partial charge in [-0.1, -0.05) is 12.1 Å². The summed E-state index contributed by atoms with van der Waals surface area (Å²) in [7, 11) is 0. The first-order valence-electron chi connectivity index (χ1n) is 5.20. The van der Waals surface area contributed by atoms with Crippen molar-refractivity contribution in [1.82, 2.24) is 10.4 Å². The molecule has 0 fully saturated rings. The van der Waals surface area contributed by atoms with Crippen molar-refractivity contribution in [2.45, 2.75) is 6.92 Å². The van der Waals surface area contributed by atoms with E-state index < -0.39 is 5.91 Å². The zero-order chi connectivity index (χ0) is 13.0. The van der Waals surface area contributed by atoms with Crippen LogP contribution in [0, 0.1) is 6.92 Å². The molecule has 5 nitrogen and oxygen atoms in total. The third-order valence-electron chi connectivity index (χ3n) is 2.27. The van der Waals surface area contributed by atoms with Crippen molar-refractivity contribution in [1.29, 1.82) is 0 Å². The molecule has 6 heteroatoms. The van der Waals surface area contributed by atoms with Crippen LogP contribution in [0.3, 0.4) is 0 Å². The Bertz CT molecular complexity index is 579. The number of amides is 1. The van der Waals surface area contributed by atoms with E-state index in [0.717, 1.165) is 0 Å². The van der Waals surface area contributed by atoms with E-state index in [4.69, 9.17) is 0 Å². The molecular formula is C12H11N3O2S. The van der Waals surface area contributed by atoms with Crippen molar-refractivity contribution in [3.05, 3.63) is 45.9 Å². The Morgan fingerprint density at radius 3 is 3.11 bits per heavy atom. The van der Waals surface area contributed by atoms with Gasteiger partial charge in [0.15, 0.2) is 0 Å². The molecule has 18 heavy (non-hydrogen) atoms. The largest absolute Gasteiger partial charge is 0.507 e. The van der Waals surface area contributed by atoms with Crippen molar-refractivity contribution in [2.24, 2.45) is 5.10 Å². The SMILES string of the molecule is Cc1cccc(C(=O)N/N=C/c2nccs2)c1O. The van der Waals surface area contributed by atoms with E-state index in [9.17, 15) is 9.90 Å². The molecule has 92 valence electrons. The molecule has 0 unspecified atom stereocenters. The minimum Gasteiger partial charge on any atom is -0.507 e. The van der Waals surface area contributed by atoms with Gasteiger partial charge < -0.3 is 5.11 Å². The molecule has 0 bridgehead atoms. The fourth-order valence-corrected chi connectivity index (χ4v) is 1.84. The molecule has 0 radical (unpaired) electrons. The van der Waals surface area contributed by atoms with Crippen LogP contribution < -0.4 is 5.43 Å². The molecule has 0 saturated carbocycles. The maximum absolute atomic E-state index is 11.7. The molecule has 1 aromatic heterocycles. The zero-order valence-corrected chi connectivity index (χ0v) is 10.4. The number of nitrogens with zero attached hydrogens (tertiary/aromatic N) is 2. The predicted molar refractivity (Wildman–Crippen MR) is 70.0 cm³/mol. The van der Waals surface area contributed by atoms with Gasteiger partial charge in [0, 0.05) is 11.6 Å². The third kappa shape index (κ3) is 2.72. The topological polar surface area (TPSA) is 74.6 Å². The molecule has 0 aliphatic heterocycles. The smallest absolute Gasteiger partial charge is 0.275 e. The number of rotatable bonds is 3. The standard InChI is InChI=1S/C12H11N3O2S/c1-8-3-2-4-9(11(8)16)12(17)15-14-7-10-13-5-6-18-10/h2-7,16H,1H3,(H,15,17)/b14-7+. The van der Waals surface area contributed by atoms with E-state index in [-0.39, 0.29) is 11.3 Å². The summed E-state index contributed by atoms with van der Waals surface area (Å²) in [4.78, 5) is 15.7. The van der Waals surface area contributed by atoms with Crippen LogP contribution in [0.15, 0.2) is 34.9 Å². The molecule has 1 aromatic carbocycles. The normalized spacial score (nSPS) is 10.7. The summed E-state index contributed by atoms with van der Waals surface area (Å²) in [6.07, 6.45) is 3.11. The molecule has 0 spiro atoms. The summed E-state index contributed by atoms with van der Waals surface area (Å²) >= 11 is 1.41. The molecule has 0 saturated heterocycles. The molecule has 1 heterocycles. The lowest BCUT2D eigenvalue weighted by Gasteiger charge is -2.04. The number of aromatic hydroxyl groups is 1. The van der Waals surface area contributed by atoms with Crippen LogP contribution in [0.25, 0.3) is 0 Å². The Balaban J connectivity index is 2.06. The second-order valence-corrected chi connectivity index (χ2v) is 4.47. The zero-order valence-electron chi connectivity index (χ0n) is 9.62. The number of aryl methyl sites for hydroxylation is 1. The van der Waals surface area contributed by atoms with Crippen LogP contribution >= 0.6 is 11.3 Å². The number of thiazole rings is 1. The van der Waals surface area contributed by atoms with Gasteiger partial charge in [-0.2, -0.15) is 5.10 Å². The van der Waals surface area contributed by atoms with E-state index in [1.165, 1.54) is 23.6 Å². The molecule has 1 amide bonds. The van der Waals surface area contributed by atoms with Gasteiger partial charge in [0.25, 0.3) is 5.91 Å². The van der Waals surface area contributed by atoms with Crippen LogP contribution in [0.1, 0.15) is 20.9 Å². The van der Waals surface area contributed by atoms with Crippen LogP contribution in [0.5, 0.6) is 5.75 Å². The number of carbonyl (C=O) groups excluding carboxylic acids is 1. The maximum Gasteiger partial charge on any atom is 0.275 e. The first-order chi connectivity index (χ1) is 8.68. The molecule has 2 aromatic rings. The molecule has 0 aliphatic carbocycles. The highest BCUT2D eigenvalue weighted by Crippen LogP contribution is 2.20. The highest BCUT2D eigenvalue weighted by atomic mass is 32.1. The summed E-state index contributed by atoms with van der Waals surface area (Å²) in [5.74, 6) is -0.483. The van der Waals surface area contributed by atoms with Crippen molar-refractivity contribution in [3.8, 4) is 5.75 Å². The monoisotopic (exact) mass is 261 g/mol. The van der Waals surface area contributed by atoms with Crippen molar-refractivity contribution < 1.29 is 9.90 Å². The van der Waals surface area contributed by atoms with Gasteiger partial charge in [-0.3, -0.25) is 4.79 Å². The first-order valence-corrected chi connectivity index (χ1v) is 6.08. The lowest BCUT2D eigenvalue weighted by Crippen LogP contribution is -2.17. The number of hydrazone groups is 1. The average molecular weight is 261 g/mol. The van der Waals surface area contributed by atoms with Gasteiger partial charge in [-0.25, -0.2) is 10.4 Å². The van der Waals surface area contributed by atoms with Gasteiger partial charge >= 0.3 is 0 Å². The Morgan fingerprint density at radius 1 is 1.56 bits per heavy atom. The number of benzene rings is 1. The predicted octanol–water partition coefficient (Wildman–Crippen LogP) is 1.92. The van der Waals surface area contributed by atoms with Crippen LogP contribution in [0.2, 0.25) is 0 Å². The van der Waals surface area contributed by atoms with Crippen LogP contribution in [0.4, 0.5) is 0 Å². The number of nitrogens with one attached hydrogen (secondary N) is 1. The summed E-state index contributed by atoms with van der Waals surface area (Å²) in [6, 6.07) is 4.97. The van der Waals surface area contributed by atoms with Gasteiger partial charge in [0.2, 0.25) is 0 Å². The Morgan fingerprint density at radius 2 is 2.39 bits per heavy atom. The number of aromatic nitrogens is 1. The minimum atomic E-state index is -0.455. The average Bonchev–Trinajstić information content (AvgIpc) is 2.85. The lowest BCUT2D eigenvalue weighted by molar-refractivity contribution is 0.0952. The Hall–Kier alpha value is -2.21. The van der Waals surface area contributed by atoms with Gasteiger partial charge in [0.05, 0.1) is 11.8 Å². The Labute approximate surface area is 108 Å². The molecule has 2 rings (SSSR count). The highest BCUT2D eigenvalue weighted by Gasteiger charge is 2.11. The second-order valence-electron chi connectivity index (χ2n) is 3.54. The minimum absolute atomic E-state index is 0.0283. The fourth-order valence-electron chi connectivity index (χ4n) is 1.35. The highest BCUT2D eigenvalue weighted by molar-refractivity contribution is 7.11. The molecule has 0 aliphatic rings. The van der Waals surface area contributed by atoms with Gasteiger partial charge in [0.1, 0.15) is 10.8 Å². The van der Waals surface area contributed by atoms with E-state index in [1.807, 2.05) is 5.38 Å². The van der Waals surface area contributed by atoms with E-state index in [2.05, 4.69) is 15.5 Å². The summed E-state index contributed by atoms with van der Waals surface area (Å²) < 4.78 is 0. The van der Waals surface area contributed by atoms with Gasteiger partial charge in [-0.15, -0.1) is 11.3 Å². The van der Waals surface area contributed by atoms with Crippen LogP contribution in [-0.4, -0.2) is 22.2 Å². The van der Waals surface area contributed by atoms with Gasteiger partial charge in [-0.05, 0) is 18.6 Å². The fraction of sp³-hybridized carbons (Fsp3) is 0.0833. The van der Waals surface area contributed by atoms with Crippen molar-refractivity contribution in [2.75, 3.05) is 0 Å². The quantitative estimate of drug-likeness (QED) is 0.654. The molecular weight excluding hydrogens is 250 g/mol. The molecule has 2 N–H and O–H groups in total. The van der Waals surface area contributed by atoms with Crippen molar-refractivity contribution >= 4 is 23.5 Å². The second kappa shape index (κ2) is 5.42. The number of phenols is 1. The maximum atomic E-state index is 11.7. The number of para-hydroxylation sites is 1. The third-order valence-corrected chi connectivity index (χ3v) is 2.98. The lowest BCUT2D eigenvalue weighted by atomic mass is 10.1. The van der Waals surface area contributed by atoms with Crippen molar-refractivity contribution in [3.63, 3.8) is 0 Å². The summed E-state index contributed by atoms with van der Waals surface area (Å²) in [5.41, 5.74) is 3.19. The number of carbonyl (C=O) groups is 1. The van der Waals surface area contributed by atoms with E-state index >= 15 is 0 Å². The summed E-state index contributed by atoms with van der Waals surface area (Å²) in [6.45, 7) is 1.73. The molecule has 0 atom stereocenters. The summed E-state index contributed by atoms with van der Waals surface area (Å²) in [5, 5.41) is 16.0. The number of phenolic OH excluding ortho intramolecular Hbond substituents is 1. The van der Waals surface area contributed by atoms with E-state index in [1.54, 1.807) is 25.3 Å². The first kappa shape index (κ1) is 12.3. The van der Waals surface area contributed by atoms with E-state index in [0.29, 0.717) is 10.6 Å². The Kier molecular flexibility index (Phi) is 3.69. The number of hydrogen-bond donors (Lipinski definition) is 2.